The predicted molar refractivity (Wildman–Crippen MR) is 119 cm³/mol. The SMILES string of the molecule is NC1(Cc2ccc3[nH]ccc3c2)NC(C(F)(F)F)=CC(=NCc2ccc3[nH]ccc3c2)N1. The Morgan fingerprint density at radius 3 is 2.12 bits per heavy atom. The summed E-state index contributed by atoms with van der Waals surface area (Å²) in [6.45, 7) is 0.219. The first kappa shape index (κ1) is 20.2. The molecule has 1 aliphatic heterocycles. The molecular weight excluding hydrogens is 417 g/mol. The van der Waals surface area contributed by atoms with Crippen molar-refractivity contribution in [3.63, 3.8) is 0 Å². The van der Waals surface area contributed by atoms with Gasteiger partial charge in [-0.05, 0) is 58.3 Å². The van der Waals surface area contributed by atoms with Crippen LogP contribution in [0.25, 0.3) is 21.8 Å². The van der Waals surface area contributed by atoms with Crippen molar-refractivity contribution in [2.75, 3.05) is 0 Å². The number of hydrogen-bond donors (Lipinski definition) is 5. The van der Waals surface area contributed by atoms with Gasteiger partial charge < -0.3 is 20.6 Å². The number of nitrogens with one attached hydrogen (secondary N) is 4. The lowest BCUT2D eigenvalue weighted by molar-refractivity contribution is -0.101. The molecule has 6 N–H and O–H groups in total. The first-order chi connectivity index (χ1) is 15.3. The number of aliphatic imine (C=N–C) groups is 1. The van der Waals surface area contributed by atoms with Crippen molar-refractivity contribution in [1.29, 1.82) is 0 Å². The minimum Gasteiger partial charge on any atom is -0.361 e. The zero-order valence-electron chi connectivity index (χ0n) is 16.9. The van der Waals surface area contributed by atoms with E-state index in [4.69, 9.17) is 5.73 Å². The molecule has 4 aromatic rings. The van der Waals surface area contributed by atoms with E-state index in [1.807, 2.05) is 60.9 Å². The number of nitrogens with two attached hydrogens (primary N) is 1. The van der Waals surface area contributed by atoms with Crippen LogP contribution in [0.5, 0.6) is 0 Å². The fourth-order valence-corrected chi connectivity index (χ4v) is 3.95. The van der Waals surface area contributed by atoms with Crippen molar-refractivity contribution in [3.8, 4) is 0 Å². The molecule has 1 unspecified atom stereocenters. The number of allylic oxidation sites excluding steroid dienone is 1. The molecule has 0 fully saturated rings. The van der Waals surface area contributed by atoms with Crippen LogP contribution in [-0.2, 0) is 13.0 Å². The number of benzene rings is 2. The largest absolute Gasteiger partial charge is 0.431 e. The number of H-pyrrole nitrogens is 2. The molecule has 0 radical (unpaired) electrons. The third-order valence-electron chi connectivity index (χ3n) is 5.45. The second-order valence-corrected chi connectivity index (χ2v) is 7.95. The number of rotatable bonds is 4. The van der Waals surface area contributed by atoms with Gasteiger partial charge in [0, 0.05) is 35.9 Å². The molecule has 0 spiro atoms. The summed E-state index contributed by atoms with van der Waals surface area (Å²) in [5, 5.41) is 7.35. The first-order valence-electron chi connectivity index (χ1n) is 10.1. The third-order valence-corrected chi connectivity index (χ3v) is 5.45. The summed E-state index contributed by atoms with van der Waals surface area (Å²) in [7, 11) is 0. The molecule has 2 aromatic heterocycles. The zero-order valence-corrected chi connectivity index (χ0v) is 16.9. The van der Waals surface area contributed by atoms with E-state index in [-0.39, 0.29) is 18.8 Å². The van der Waals surface area contributed by atoms with Crippen LogP contribution in [0.1, 0.15) is 11.1 Å². The molecule has 32 heavy (non-hydrogen) atoms. The maximum atomic E-state index is 13.6. The Hall–Kier alpha value is -3.72. The normalized spacial score (nSPS) is 20.4. The van der Waals surface area contributed by atoms with E-state index in [1.54, 1.807) is 0 Å². The summed E-state index contributed by atoms with van der Waals surface area (Å²) in [5.74, 6) is -1.47. The van der Waals surface area contributed by atoms with Crippen LogP contribution in [-0.4, -0.2) is 27.8 Å². The van der Waals surface area contributed by atoms with E-state index in [0.717, 1.165) is 39.0 Å². The molecule has 5 rings (SSSR count). The topological polar surface area (TPSA) is 94.0 Å². The monoisotopic (exact) mass is 438 g/mol. The average Bonchev–Trinajstić information content (AvgIpc) is 3.39. The fourth-order valence-electron chi connectivity index (χ4n) is 3.95. The maximum Gasteiger partial charge on any atom is 0.431 e. The van der Waals surface area contributed by atoms with Crippen molar-refractivity contribution >= 4 is 27.6 Å². The van der Waals surface area contributed by atoms with Crippen LogP contribution in [0.4, 0.5) is 13.2 Å². The van der Waals surface area contributed by atoms with Crippen LogP contribution in [0, 0.1) is 0 Å². The molecule has 0 aliphatic carbocycles. The summed E-state index contributed by atoms with van der Waals surface area (Å²) < 4.78 is 40.8. The quantitative estimate of drug-likeness (QED) is 0.333. The van der Waals surface area contributed by atoms with Crippen molar-refractivity contribution in [3.05, 3.63) is 83.8 Å². The van der Waals surface area contributed by atoms with Gasteiger partial charge in [0.15, 0.2) is 5.79 Å². The minimum atomic E-state index is -4.58. The van der Waals surface area contributed by atoms with Crippen molar-refractivity contribution in [2.24, 2.45) is 10.7 Å². The third kappa shape index (κ3) is 4.06. The summed E-state index contributed by atoms with van der Waals surface area (Å²) in [6.07, 6.45) is 0.137. The Morgan fingerprint density at radius 2 is 1.47 bits per heavy atom. The predicted octanol–water partition coefficient (Wildman–Crippen LogP) is 4.04. The standard InChI is InChI=1S/C23H21F3N6/c24-23(25,26)20-11-21(30-13-15-2-4-19-17(10-15)6-8-29-19)32-22(27,31-20)12-14-1-3-18-16(9-14)5-7-28-18/h1-11,28-29,31H,12-13,27H2,(H,30,32). The number of hydrogen-bond acceptors (Lipinski definition) is 3. The van der Waals surface area contributed by atoms with Crippen molar-refractivity contribution < 1.29 is 13.2 Å². The van der Waals surface area contributed by atoms with Gasteiger partial charge in [-0.1, -0.05) is 12.1 Å². The highest BCUT2D eigenvalue weighted by molar-refractivity contribution is 5.95. The highest BCUT2D eigenvalue weighted by Gasteiger charge is 2.42. The van der Waals surface area contributed by atoms with Gasteiger partial charge in [-0.2, -0.15) is 13.2 Å². The number of aromatic nitrogens is 2. The van der Waals surface area contributed by atoms with Crippen molar-refractivity contribution in [1.82, 2.24) is 20.6 Å². The van der Waals surface area contributed by atoms with E-state index in [9.17, 15) is 13.2 Å². The lowest BCUT2D eigenvalue weighted by atomic mass is 10.0. The number of alkyl halides is 3. The molecule has 0 amide bonds. The Kier molecular flexibility index (Phi) is 4.70. The molecule has 3 heterocycles. The van der Waals surface area contributed by atoms with Gasteiger partial charge in [-0.15, -0.1) is 0 Å². The van der Waals surface area contributed by atoms with Gasteiger partial charge in [-0.25, -0.2) is 0 Å². The number of amidine groups is 1. The van der Waals surface area contributed by atoms with Crippen LogP contribution in [0.3, 0.4) is 0 Å². The molecule has 6 nitrogen and oxygen atoms in total. The van der Waals surface area contributed by atoms with E-state index in [0.29, 0.717) is 0 Å². The molecular formula is C23H21F3N6. The highest BCUT2D eigenvalue weighted by atomic mass is 19.4. The van der Waals surface area contributed by atoms with Crippen LogP contribution in [0.2, 0.25) is 0 Å². The van der Waals surface area contributed by atoms with Crippen molar-refractivity contribution in [2.45, 2.75) is 24.9 Å². The molecule has 0 saturated heterocycles. The smallest absolute Gasteiger partial charge is 0.361 e. The van der Waals surface area contributed by atoms with Gasteiger partial charge in [0.2, 0.25) is 0 Å². The number of fused-ring (bicyclic) bond motifs is 2. The summed E-state index contributed by atoms with van der Waals surface area (Å²) in [6, 6.07) is 15.2. The second kappa shape index (κ2) is 7.45. The van der Waals surface area contributed by atoms with E-state index < -0.39 is 17.7 Å². The molecule has 2 aromatic carbocycles. The zero-order chi connectivity index (χ0) is 22.3. The Balaban J connectivity index is 1.42. The molecule has 1 atom stereocenters. The van der Waals surface area contributed by atoms with Gasteiger partial charge in [-0.3, -0.25) is 10.7 Å². The number of halogens is 3. The molecule has 1 aliphatic rings. The first-order valence-corrected chi connectivity index (χ1v) is 10.1. The van der Waals surface area contributed by atoms with Gasteiger partial charge >= 0.3 is 6.18 Å². The number of nitrogens with zero attached hydrogens (tertiary/aromatic N) is 1. The number of aromatic amines is 2. The summed E-state index contributed by atoms with van der Waals surface area (Å²) >= 11 is 0. The van der Waals surface area contributed by atoms with Crippen LogP contribution >= 0.6 is 0 Å². The Bertz CT molecular complexity index is 1350. The highest BCUT2D eigenvalue weighted by Crippen LogP contribution is 2.27. The molecule has 164 valence electrons. The van der Waals surface area contributed by atoms with E-state index in [2.05, 4.69) is 25.6 Å². The van der Waals surface area contributed by atoms with Gasteiger partial charge in [0.05, 0.1) is 6.54 Å². The molecule has 0 saturated carbocycles. The summed E-state index contributed by atoms with van der Waals surface area (Å²) in [4.78, 5) is 10.6. The minimum absolute atomic E-state index is 0.0791. The second-order valence-electron chi connectivity index (χ2n) is 7.95. The Labute approximate surface area is 181 Å². The van der Waals surface area contributed by atoms with E-state index in [1.165, 1.54) is 0 Å². The molecule has 0 bridgehead atoms. The maximum absolute atomic E-state index is 13.6. The lowest BCUT2D eigenvalue weighted by Gasteiger charge is -2.38. The fraction of sp³-hybridized carbons (Fsp3) is 0.174. The van der Waals surface area contributed by atoms with Crippen LogP contribution in [0.15, 0.2) is 77.7 Å². The lowest BCUT2D eigenvalue weighted by Crippen LogP contribution is -2.69. The molecule has 9 heteroatoms. The van der Waals surface area contributed by atoms with Crippen LogP contribution < -0.4 is 16.4 Å². The Morgan fingerprint density at radius 1 is 0.844 bits per heavy atom. The van der Waals surface area contributed by atoms with Gasteiger partial charge in [0.1, 0.15) is 11.5 Å². The van der Waals surface area contributed by atoms with Gasteiger partial charge in [0.25, 0.3) is 0 Å². The van der Waals surface area contributed by atoms with E-state index >= 15 is 0 Å². The summed E-state index contributed by atoms with van der Waals surface area (Å²) in [5.41, 5.74) is 9.04. The average molecular weight is 438 g/mol.